The predicted octanol–water partition coefficient (Wildman–Crippen LogP) is 4.21. The molecule has 0 heterocycles. The molecule has 0 bridgehead atoms. The predicted molar refractivity (Wildman–Crippen MR) is 78.4 cm³/mol. The van der Waals surface area contributed by atoms with Crippen LogP contribution in [0.3, 0.4) is 0 Å². The minimum atomic E-state index is -4.33. The average Bonchev–Trinajstić information content (AvgIpc) is 2.37. The van der Waals surface area contributed by atoms with Crippen molar-refractivity contribution in [2.24, 2.45) is 0 Å². The van der Waals surface area contributed by atoms with Crippen molar-refractivity contribution in [2.45, 2.75) is 51.4 Å². The van der Waals surface area contributed by atoms with Gasteiger partial charge in [0.05, 0.1) is 12.6 Å². The minimum absolute atomic E-state index is 0.0218. The topological polar surface area (TPSA) is 21.3 Å². The van der Waals surface area contributed by atoms with Crippen molar-refractivity contribution in [1.82, 2.24) is 5.32 Å². The first-order chi connectivity index (χ1) is 9.55. The van der Waals surface area contributed by atoms with Gasteiger partial charge in [-0.25, -0.2) is 0 Å². The monoisotopic (exact) mass is 303 g/mol. The van der Waals surface area contributed by atoms with Crippen molar-refractivity contribution in [3.05, 3.63) is 35.4 Å². The lowest BCUT2D eigenvalue weighted by Gasteiger charge is -2.23. The summed E-state index contributed by atoms with van der Waals surface area (Å²) < 4.78 is 42.3. The summed E-state index contributed by atoms with van der Waals surface area (Å²) in [7, 11) is 1.71. The van der Waals surface area contributed by atoms with Crippen molar-refractivity contribution < 1.29 is 17.9 Å². The van der Waals surface area contributed by atoms with Gasteiger partial charge < -0.3 is 10.1 Å². The number of halogens is 3. The van der Waals surface area contributed by atoms with Gasteiger partial charge in [-0.05, 0) is 30.5 Å². The zero-order chi connectivity index (χ0) is 16.3. The van der Waals surface area contributed by atoms with Gasteiger partial charge in [-0.3, -0.25) is 0 Å². The summed E-state index contributed by atoms with van der Waals surface area (Å²) in [6.45, 7) is 7.35. The van der Waals surface area contributed by atoms with Gasteiger partial charge in [-0.15, -0.1) is 0 Å². The van der Waals surface area contributed by atoms with Crippen LogP contribution in [-0.2, 0) is 10.2 Å². The second-order valence-electron chi connectivity index (χ2n) is 6.23. The van der Waals surface area contributed by atoms with Crippen LogP contribution < -0.4 is 5.32 Å². The largest absolute Gasteiger partial charge is 0.414 e. The van der Waals surface area contributed by atoms with Crippen LogP contribution >= 0.6 is 0 Å². The van der Waals surface area contributed by atoms with E-state index in [2.05, 4.69) is 26.1 Å². The number of alkyl halides is 3. The summed E-state index contributed by atoms with van der Waals surface area (Å²) in [6.07, 6.45) is -6.09. The van der Waals surface area contributed by atoms with E-state index in [1.807, 2.05) is 24.3 Å². The summed E-state index contributed by atoms with van der Waals surface area (Å²) in [5, 5.41) is 2.99. The van der Waals surface area contributed by atoms with E-state index in [0.29, 0.717) is 0 Å². The molecular formula is C16H24F3NO. The van der Waals surface area contributed by atoms with Gasteiger partial charge in [-0.2, -0.15) is 13.2 Å². The Kier molecular flexibility index (Phi) is 5.82. The van der Waals surface area contributed by atoms with Crippen molar-refractivity contribution in [3.63, 3.8) is 0 Å². The fourth-order valence-corrected chi connectivity index (χ4v) is 1.90. The standard InChI is InChI=1S/C16H24F3NO/c1-11(16(17,18)19)21-10-14(20-5)12-6-8-13(9-7-12)15(2,3)4/h6-9,11,14,20H,10H2,1-5H3. The van der Waals surface area contributed by atoms with E-state index in [-0.39, 0.29) is 18.1 Å². The summed E-state index contributed by atoms with van der Waals surface area (Å²) in [4.78, 5) is 0. The highest BCUT2D eigenvalue weighted by Gasteiger charge is 2.37. The zero-order valence-corrected chi connectivity index (χ0v) is 13.2. The quantitative estimate of drug-likeness (QED) is 0.879. The molecule has 2 unspecified atom stereocenters. The molecule has 1 rings (SSSR count). The first kappa shape index (κ1) is 18.0. The van der Waals surface area contributed by atoms with Gasteiger partial charge in [0.15, 0.2) is 6.10 Å². The molecule has 0 saturated heterocycles. The minimum Gasteiger partial charge on any atom is -0.367 e. The Bertz CT molecular complexity index is 434. The van der Waals surface area contributed by atoms with Crippen LogP contribution in [-0.4, -0.2) is 25.9 Å². The first-order valence-corrected chi connectivity index (χ1v) is 7.01. The molecule has 0 aliphatic carbocycles. The zero-order valence-electron chi connectivity index (χ0n) is 13.2. The summed E-state index contributed by atoms with van der Waals surface area (Å²) >= 11 is 0. The van der Waals surface area contributed by atoms with E-state index in [0.717, 1.165) is 12.5 Å². The molecular weight excluding hydrogens is 279 g/mol. The molecule has 1 aromatic rings. The van der Waals surface area contributed by atoms with Gasteiger partial charge in [0.1, 0.15) is 0 Å². The molecule has 0 aliphatic rings. The maximum Gasteiger partial charge on any atom is 0.414 e. The van der Waals surface area contributed by atoms with E-state index >= 15 is 0 Å². The number of nitrogens with one attached hydrogen (secondary N) is 1. The normalized spacial score (nSPS) is 15.8. The molecule has 1 N–H and O–H groups in total. The number of likely N-dealkylation sites (N-methyl/N-ethyl adjacent to an activating group) is 1. The molecule has 2 atom stereocenters. The van der Waals surface area contributed by atoms with Crippen LogP contribution in [0.4, 0.5) is 13.2 Å². The number of ether oxygens (including phenoxy) is 1. The van der Waals surface area contributed by atoms with E-state index < -0.39 is 12.3 Å². The van der Waals surface area contributed by atoms with Crippen LogP contribution in [0.15, 0.2) is 24.3 Å². The Morgan fingerprint density at radius 1 is 1.10 bits per heavy atom. The van der Waals surface area contributed by atoms with Crippen LogP contribution in [0, 0.1) is 0 Å². The summed E-state index contributed by atoms with van der Waals surface area (Å²) in [6, 6.07) is 7.62. The third-order valence-electron chi connectivity index (χ3n) is 3.50. The number of hydrogen-bond donors (Lipinski definition) is 1. The molecule has 1 aromatic carbocycles. The second kappa shape index (κ2) is 6.79. The summed E-state index contributed by atoms with van der Waals surface area (Å²) in [5.74, 6) is 0. The fraction of sp³-hybridized carbons (Fsp3) is 0.625. The van der Waals surface area contributed by atoms with Crippen molar-refractivity contribution >= 4 is 0 Å². The molecule has 0 radical (unpaired) electrons. The molecule has 21 heavy (non-hydrogen) atoms. The van der Waals surface area contributed by atoms with Crippen molar-refractivity contribution in [3.8, 4) is 0 Å². The number of benzene rings is 1. The summed E-state index contributed by atoms with van der Waals surface area (Å²) in [5.41, 5.74) is 2.15. The van der Waals surface area contributed by atoms with Gasteiger partial charge in [0.2, 0.25) is 0 Å². The molecule has 120 valence electrons. The van der Waals surface area contributed by atoms with Crippen molar-refractivity contribution in [1.29, 1.82) is 0 Å². The molecule has 0 fully saturated rings. The Hall–Kier alpha value is -1.07. The Morgan fingerprint density at radius 3 is 2.00 bits per heavy atom. The number of rotatable bonds is 5. The Morgan fingerprint density at radius 2 is 1.62 bits per heavy atom. The highest BCUT2D eigenvalue weighted by molar-refractivity contribution is 5.29. The lowest BCUT2D eigenvalue weighted by molar-refractivity contribution is -0.215. The van der Waals surface area contributed by atoms with E-state index in [4.69, 9.17) is 4.74 Å². The van der Waals surface area contributed by atoms with E-state index in [9.17, 15) is 13.2 Å². The van der Waals surface area contributed by atoms with Crippen LogP contribution in [0.1, 0.15) is 44.9 Å². The smallest absolute Gasteiger partial charge is 0.367 e. The third-order valence-corrected chi connectivity index (χ3v) is 3.50. The lowest BCUT2D eigenvalue weighted by Crippen LogP contribution is -2.32. The number of hydrogen-bond acceptors (Lipinski definition) is 2. The molecule has 0 aromatic heterocycles. The van der Waals surface area contributed by atoms with Gasteiger partial charge in [0.25, 0.3) is 0 Å². The molecule has 0 saturated carbocycles. The van der Waals surface area contributed by atoms with Crippen LogP contribution in [0.25, 0.3) is 0 Å². The van der Waals surface area contributed by atoms with Gasteiger partial charge in [0, 0.05) is 0 Å². The molecule has 0 amide bonds. The fourth-order valence-electron chi connectivity index (χ4n) is 1.90. The molecule has 5 heteroatoms. The van der Waals surface area contributed by atoms with E-state index in [1.54, 1.807) is 7.05 Å². The molecule has 0 aliphatic heterocycles. The van der Waals surface area contributed by atoms with E-state index in [1.165, 1.54) is 5.56 Å². The lowest BCUT2D eigenvalue weighted by atomic mass is 9.86. The Balaban J connectivity index is 2.73. The molecule has 2 nitrogen and oxygen atoms in total. The highest BCUT2D eigenvalue weighted by Crippen LogP contribution is 2.26. The van der Waals surface area contributed by atoms with Crippen LogP contribution in [0.5, 0.6) is 0 Å². The van der Waals surface area contributed by atoms with Gasteiger partial charge >= 0.3 is 6.18 Å². The highest BCUT2D eigenvalue weighted by atomic mass is 19.4. The van der Waals surface area contributed by atoms with Gasteiger partial charge in [-0.1, -0.05) is 45.0 Å². The maximum atomic E-state index is 12.4. The van der Waals surface area contributed by atoms with Crippen molar-refractivity contribution in [2.75, 3.05) is 13.7 Å². The maximum absolute atomic E-state index is 12.4. The third kappa shape index (κ3) is 5.32. The molecule has 0 spiro atoms. The SMILES string of the molecule is CNC(COC(C)C(F)(F)F)c1ccc(C(C)(C)C)cc1. The average molecular weight is 303 g/mol. The second-order valence-corrected chi connectivity index (χ2v) is 6.23. The first-order valence-electron chi connectivity index (χ1n) is 7.01. The van der Waals surface area contributed by atoms with Crippen LogP contribution in [0.2, 0.25) is 0 Å². The Labute approximate surface area is 124 Å².